The molecule has 4 aromatic heterocycles. The Labute approximate surface area is 181 Å². The van der Waals surface area contributed by atoms with Crippen molar-refractivity contribution in [3.63, 3.8) is 0 Å². The molecule has 0 atom stereocenters. The standard InChI is InChI=1S/C23H19N5O2S/c1-14-6-7-18(31-14)13-28-12-16(10-25-28)22(29)26-17-9-19(23(30)24-11-17)21-8-15-4-2-3-5-20(15)27-21/h2-12,27H,13H2,1H3,(H,24,30)(H,26,29). The van der Waals surface area contributed by atoms with Crippen LogP contribution in [0.4, 0.5) is 5.69 Å². The number of anilines is 1. The van der Waals surface area contributed by atoms with E-state index >= 15 is 0 Å². The quantitative estimate of drug-likeness (QED) is 0.387. The molecule has 5 aromatic rings. The summed E-state index contributed by atoms with van der Waals surface area (Å²) in [5.74, 6) is -0.289. The van der Waals surface area contributed by atoms with Gasteiger partial charge in [0.05, 0.1) is 35.2 Å². The monoisotopic (exact) mass is 429 g/mol. The van der Waals surface area contributed by atoms with Crippen molar-refractivity contribution < 1.29 is 4.79 Å². The van der Waals surface area contributed by atoms with Crippen molar-refractivity contribution in [2.24, 2.45) is 0 Å². The number of rotatable bonds is 5. The number of thiophene rings is 1. The van der Waals surface area contributed by atoms with Gasteiger partial charge in [-0.3, -0.25) is 14.3 Å². The Morgan fingerprint density at radius 2 is 2.06 bits per heavy atom. The van der Waals surface area contributed by atoms with Crippen molar-refractivity contribution in [2.45, 2.75) is 13.5 Å². The molecule has 0 fully saturated rings. The number of aryl methyl sites for hydroxylation is 1. The molecular weight excluding hydrogens is 410 g/mol. The average Bonchev–Trinajstić information content (AvgIpc) is 3.49. The van der Waals surface area contributed by atoms with Crippen molar-refractivity contribution in [3.05, 3.63) is 92.8 Å². The molecule has 1 aromatic carbocycles. The molecule has 154 valence electrons. The predicted molar refractivity (Wildman–Crippen MR) is 123 cm³/mol. The summed E-state index contributed by atoms with van der Waals surface area (Å²) in [6, 6.07) is 15.5. The number of carbonyl (C=O) groups is 1. The largest absolute Gasteiger partial charge is 0.354 e. The highest BCUT2D eigenvalue weighted by Crippen LogP contribution is 2.23. The maximum Gasteiger partial charge on any atom is 0.258 e. The zero-order chi connectivity index (χ0) is 21.4. The van der Waals surface area contributed by atoms with Crippen LogP contribution in [0.3, 0.4) is 0 Å². The molecule has 0 aliphatic rings. The number of aromatic nitrogens is 4. The fourth-order valence-corrected chi connectivity index (χ4v) is 4.36. The summed E-state index contributed by atoms with van der Waals surface area (Å²) in [6.07, 6.45) is 4.75. The van der Waals surface area contributed by atoms with Crippen LogP contribution in [-0.4, -0.2) is 25.7 Å². The first-order valence-corrected chi connectivity index (χ1v) is 10.6. The van der Waals surface area contributed by atoms with Gasteiger partial charge in [-0.15, -0.1) is 11.3 Å². The number of pyridine rings is 1. The van der Waals surface area contributed by atoms with Crippen LogP contribution in [0.1, 0.15) is 20.1 Å². The van der Waals surface area contributed by atoms with Gasteiger partial charge in [-0.25, -0.2) is 0 Å². The first-order valence-electron chi connectivity index (χ1n) is 9.75. The maximum absolute atomic E-state index is 12.7. The number of hydrogen-bond acceptors (Lipinski definition) is 4. The third-order valence-electron chi connectivity index (χ3n) is 4.99. The second-order valence-electron chi connectivity index (χ2n) is 7.29. The highest BCUT2D eigenvalue weighted by Gasteiger charge is 2.13. The van der Waals surface area contributed by atoms with E-state index < -0.39 is 0 Å². The molecule has 31 heavy (non-hydrogen) atoms. The zero-order valence-corrected chi connectivity index (χ0v) is 17.5. The van der Waals surface area contributed by atoms with E-state index in [0.29, 0.717) is 29.1 Å². The molecule has 5 rings (SSSR count). The summed E-state index contributed by atoms with van der Waals surface area (Å²) < 4.78 is 1.74. The Morgan fingerprint density at radius 3 is 2.87 bits per heavy atom. The summed E-state index contributed by atoms with van der Waals surface area (Å²) in [4.78, 5) is 33.4. The summed E-state index contributed by atoms with van der Waals surface area (Å²) in [5, 5.41) is 8.14. The van der Waals surface area contributed by atoms with E-state index in [2.05, 4.69) is 39.4 Å². The van der Waals surface area contributed by atoms with E-state index in [9.17, 15) is 9.59 Å². The molecule has 3 N–H and O–H groups in total. The van der Waals surface area contributed by atoms with Crippen LogP contribution in [0.2, 0.25) is 0 Å². The van der Waals surface area contributed by atoms with Crippen LogP contribution < -0.4 is 10.9 Å². The van der Waals surface area contributed by atoms with Gasteiger partial charge in [-0.05, 0) is 37.3 Å². The van der Waals surface area contributed by atoms with Crippen molar-refractivity contribution in [3.8, 4) is 11.3 Å². The number of H-pyrrole nitrogens is 2. The number of hydrogen-bond donors (Lipinski definition) is 3. The molecule has 0 aliphatic heterocycles. The SMILES string of the molecule is Cc1ccc(Cn2cc(C(=O)Nc3c[nH]c(=O)c(-c4cc5ccccc5[nH]4)c3)cn2)s1. The number of carbonyl (C=O) groups excluding carboxylic acids is 1. The minimum Gasteiger partial charge on any atom is -0.354 e. The Hall–Kier alpha value is -3.91. The molecule has 4 heterocycles. The first kappa shape index (κ1) is 19.1. The van der Waals surface area contributed by atoms with E-state index in [1.165, 1.54) is 16.0 Å². The van der Waals surface area contributed by atoms with E-state index in [0.717, 1.165) is 10.9 Å². The van der Waals surface area contributed by atoms with Gasteiger partial charge < -0.3 is 15.3 Å². The molecule has 0 saturated carbocycles. The molecule has 0 bridgehead atoms. The highest BCUT2D eigenvalue weighted by atomic mass is 32.1. The molecule has 1 amide bonds. The number of para-hydroxylation sites is 1. The van der Waals surface area contributed by atoms with Gasteiger partial charge in [0.25, 0.3) is 11.5 Å². The molecule has 0 unspecified atom stereocenters. The minimum atomic E-state index is -0.289. The van der Waals surface area contributed by atoms with Crippen molar-refractivity contribution >= 4 is 33.8 Å². The van der Waals surface area contributed by atoms with Crippen molar-refractivity contribution in [1.82, 2.24) is 19.7 Å². The Kier molecular flexibility index (Phi) is 4.76. The first-order chi connectivity index (χ1) is 15.0. The number of fused-ring (bicyclic) bond motifs is 1. The second-order valence-corrected chi connectivity index (χ2v) is 8.67. The number of nitrogens with one attached hydrogen (secondary N) is 3. The smallest absolute Gasteiger partial charge is 0.258 e. The molecule has 7 nitrogen and oxygen atoms in total. The predicted octanol–water partition coefficient (Wildman–Crippen LogP) is 4.39. The molecule has 0 radical (unpaired) electrons. The van der Waals surface area contributed by atoms with Gasteiger partial charge in [0.1, 0.15) is 0 Å². The third kappa shape index (κ3) is 3.93. The molecular formula is C23H19N5O2S. The minimum absolute atomic E-state index is 0.233. The molecule has 0 saturated heterocycles. The average molecular weight is 430 g/mol. The summed E-state index contributed by atoms with van der Waals surface area (Å²) >= 11 is 1.71. The lowest BCUT2D eigenvalue weighted by molar-refractivity contribution is 0.102. The summed E-state index contributed by atoms with van der Waals surface area (Å²) in [5.41, 5.74) is 2.81. The van der Waals surface area contributed by atoms with Crippen LogP contribution >= 0.6 is 11.3 Å². The van der Waals surface area contributed by atoms with Gasteiger partial charge in [0, 0.05) is 33.1 Å². The summed E-state index contributed by atoms with van der Waals surface area (Å²) in [6.45, 7) is 2.68. The van der Waals surface area contributed by atoms with Crippen LogP contribution in [0, 0.1) is 6.92 Å². The molecule has 8 heteroatoms. The van der Waals surface area contributed by atoms with Crippen LogP contribution in [0.25, 0.3) is 22.2 Å². The van der Waals surface area contributed by atoms with E-state index in [4.69, 9.17) is 0 Å². The third-order valence-corrected chi connectivity index (χ3v) is 5.98. The van der Waals surface area contributed by atoms with Crippen LogP contribution in [0.5, 0.6) is 0 Å². The summed E-state index contributed by atoms with van der Waals surface area (Å²) in [7, 11) is 0. The number of aromatic amines is 2. The Morgan fingerprint density at radius 1 is 1.19 bits per heavy atom. The lowest BCUT2D eigenvalue weighted by Gasteiger charge is -2.05. The van der Waals surface area contributed by atoms with Crippen LogP contribution in [-0.2, 0) is 6.54 Å². The van der Waals surface area contributed by atoms with Gasteiger partial charge in [0.2, 0.25) is 0 Å². The zero-order valence-electron chi connectivity index (χ0n) is 16.7. The van der Waals surface area contributed by atoms with Gasteiger partial charge in [0.15, 0.2) is 0 Å². The molecule has 0 spiro atoms. The number of nitrogens with zero attached hydrogens (tertiary/aromatic N) is 2. The lowest BCUT2D eigenvalue weighted by atomic mass is 10.2. The fourth-order valence-electron chi connectivity index (χ4n) is 3.47. The number of amides is 1. The van der Waals surface area contributed by atoms with Crippen molar-refractivity contribution in [2.75, 3.05) is 5.32 Å². The van der Waals surface area contributed by atoms with Gasteiger partial charge >= 0.3 is 0 Å². The molecule has 0 aliphatic carbocycles. The normalized spacial score (nSPS) is 11.1. The van der Waals surface area contributed by atoms with Crippen molar-refractivity contribution in [1.29, 1.82) is 0 Å². The van der Waals surface area contributed by atoms with E-state index in [-0.39, 0.29) is 11.5 Å². The van der Waals surface area contributed by atoms with E-state index in [1.807, 2.05) is 30.3 Å². The Bertz CT molecular complexity index is 1420. The van der Waals surface area contributed by atoms with Gasteiger partial charge in [-0.2, -0.15) is 5.10 Å². The van der Waals surface area contributed by atoms with Crippen LogP contribution in [0.15, 0.2) is 71.9 Å². The second kappa shape index (κ2) is 7.73. The Balaban J connectivity index is 1.36. The van der Waals surface area contributed by atoms with E-state index in [1.54, 1.807) is 34.5 Å². The topological polar surface area (TPSA) is 95.6 Å². The maximum atomic E-state index is 12.7. The lowest BCUT2D eigenvalue weighted by Crippen LogP contribution is -2.15. The fraction of sp³-hybridized carbons (Fsp3) is 0.0870. The number of benzene rings is 1. The highest BCUT2D eigenvalue weighted by molar-refractivity contribution is 7.11. The van der Waals surface area contributed by atoms with Gasteiger partial charge in [-0.1, -0.05) is 18.2 Å².